The first-order chi connectivity index (χ1) is 7.70. The lowest BCUT2D eigenvalue weighted by molar-refractivity contribution is 0.482. The van der Waals surface area contributed by atoms with E-state index >= 15 is 0 Å². The average molecular weight is 254 g/mol. The molecule has 2 nitrogen and oxygen atoms in total. The molecule has 0 saturated carbocycles. The van der Waals surface area contributed by atoms with E-state index in [4.69, 9.17) is 11.6 Å². The molecule has 0 spiro atoms. The number of nitrogens with one attached hydrogen (secondary N) is 1. The summed E-state index contributed by atoms with van der Waals surface area (Å²) in [5, 5.41) is 14.2. The van der Waals surface area contributed by atoms with Crippen molar-refractivity contribution in [2.45, 2.75) is 12.8 Å². The van der Waals surface area contributed by atoms with Gasteiger partial charge in [0.25, 0.3) is 0 Å². The Morgan fingerprint density at radius 3 is 3.12 bits per heavy atom. The molecule has 0 saturated heterocycles. The van der Waals surface area contributed by atoms with Crippen molar-refractivity contribution >= 4 is 38.7 Å². The Labute approximate surface area is 103 Å². The van der Waals surface area contributed by atoms with Gasteiger partial charge in [-0.25, -0.2) is 0 Å². The molecule has 84 valence electrons. The van der Waals surface area contributed by atoms with Crippen molar-refractivity contribution in [1.82, 2.24) is 0 Å². The number of alkyl halides is 1. The molecule has 2 N–H and O–H groups in total. The molecular formula is C12H12ClNOS. The van der Waals surface area contributed by atoms with Crippen molar-refractivity contribution in [2.24, 2.45) is 0 Å². The fraction of sp³-hybridized carbons (Fsp3) is 0.333. The van der Waals surface area contributed by atoms with Crippen LogP contribution in [0.4, 0.5) is 5.69 Å². The maximum atomic E-state index is 9.94. The van der Waals surface area contributed by atoms with Crippen LogP contribution in [0.3, 0.4) is 0 Å². The maximum absolute atomic E-state index is 9.94. The van der Waals surface area contributed by atoms with Crippen LogP contribution in [0.15, 0.2) is 12.1 Å². The smallest absolute Gasteiger partial charge is 0.126 e. The molecule has 1 aliphatic heterocycles. The lowest BCUT2D eigenvalue weighted by Gasteiger charge is -2.07. The van der Waals surface area contributed by atoms with E-state index in [9.17, 15) is 5.11 Å². The SMILES string of the molecule is Cc1cc2c(O)cc3c(c2s1)C(CCl)CN3. The summed E-state index contributed by atoms with van der Waals surface area (Å²) in [6.07, 6.45) is 0. The highest BCUT2D eigenvalue weighted by atomic mass is 35.5. The minimum Gasteiger partial charge on any atom is -0.507 e. The topological polar surface area (TPSA) is 32.3 Å². The van der Waals surface area contributed by atoms with Crippen molar-refractivity contribution in [3.05, 3.63) is 22.6 Å². The number of aromatic hydroxyl groups is 1. The van der Waals surface area contributed by atoms with Gasteiger partial charge in [-0.3, -0.25) is 0 Å². The molecule has 1 atom stereocenters. The number of phenols is 1. The zero-order valence-corrected chi connectivity index (χ0v) is 10.5. The van der Waals surface area contributed by atoms with Gasteiger partial charge < -0.3 is 10.4 Å². The summed E-state index contributed by atoms with van der Waals surface area (Å²) >= 11 is 7.72. The van der Waals surface area contributed by atoms with Crippen LogP contribution < -0.4 is 5.32 Å². The van der Waals surface area contributed by atoms with Crippen LogP contribution in [0.1, 0.15) is 16.4 Å². The Bertz CT molecular complexity index is 564. The summed E-state index contributed by atoms with van der Waals surface area (Å²) in [4.78, 5) is 1.22. The molecule has 2 aromatic rings. The first kappa shape index (κ1) is 10.2. The molecular weight excluding hydrogens is 242 g/mol. The molecule has 0 fully saturated rings. The summed E-state index contributed by atoms with van der Waals surface area (Å²) < 4.78 is 1.18. The minimum absolute atomic E-state index is 0.359. The second-order valence-corrected chi connectivity index (χ2v) is 5.75. The Balaban J connectivity index is 2.36. The fourth-order valence-corrected chi connectivity index (χ4v) is 3.76. The third kappa shape index (κ3) is 1.31. The number of anilines is 1. The van der Waals surface area contributed by atoms with E-state index < -0.39 is 0 Å². The van der Waals surface area contributed by atoms with Crippen molar-refractivity contribution in [3.8, 4) is 5.75 Å². The van der Waals surface area contributed by atoms with E-state index in [2.05, 4.69) is 12.2 Å². The van der Waals surface area contributed by atoms with E-state index in [1.165, 1.54) is 15.1 Å². The fourth-order valence-electron chi connectivity index (χ4n) is 2.34. The molecule has 1 aromatic heterocycles. The quantitative estimate of drug-likeness (QED) is 0.761. The number of fused-ring (bicyclic) bond motifs is 3. The Kier molecular flexibility index (Phi) is 2.26. The van der Waals surface area contributed by atoms with Gasteiger partial charge in [0.05, 0.1) is 0 Å². The first-order valence-electron chi connectivity index (χ1n) is 5.26. The lowest BCUT2D eigenvalue weighted by atomic mass is 10.0. The summed E-state index contributed by atoms with van der Waals surface area (Å²) in [6.45, 7) is 2.93. The van der Waals surface area contributed by atoms with Crippen LogP contribution in [-0.2, 0) is 0 Å². The largest absolute Gasteiger partial charge is 0.507 e. The molecule has 0 radical (unpaired) electrons. The number of hydrogen-bond donors (Lipinski definition) is 2. The summed E-state index contributed by atoms with van der Waals surface area (Å²) in [5.41, 5.74) is 2.32. The van der Waals surface area contributed by atoms with Gasteiger partial charge in [0.1, 0.15) is 5.75 Å². The second-order valence-electron chi connectivity index (χ2n) is 4.19. The van der Waals surface area contributed by atoms with E-state index in [-0.39, 0.29) is 0 Å². The van der Waals surface area contributed by atoms with Crippen LogP contribution in [0.2, 0.25) is 0 Å². The predicted molar refractivity (Wildman–Crippen MR) is 70.2 cm³/mol. The molecule has 0 aliphatic carbocycles. The van der Waals surface area contributed by atoms with Crippen LogP contribution >= 0.6 is 22.9 Å². The normalized spacial score (nSPS) is 18.8. The summed E-state index contributed by atoms with van der Waals surface area (Å²) in [6, 6.07) is 3.86. The maximum Gasteiger partial charge on any atom is 0.126 e. The number of hydrogen-bond acceptors (Lipinski definition) is 3. The van der Waals surface area contributed by atoms with Crippen molar-refractivity contribution < 1.29 is 5.11 Å². The molecule has 2 heterocycles. The highest BCUT2D eigenvalue weighted by molar-refractivity contribution is 7.19. The molecule has 4 heteroatoms. The second kappa shape index (κ2) is 3.54. The number of rotatable bonds is 1. The first-order valence-corrected chi connectivity index (χ1v) is 6.61. The predicted octanol–water partition coefficient (Wildman–Crippen LogP) is 3.66. The zero-order valence-electron chi connectivity index (χ0n) is 8.88. The van der Waals surface area contributed by atoms with Gasteiger partial charge in [-0.1, -0.05) is 0 Å². The average Bonchev–Trinajstić information content (AvgIpc) is 2.80. The number of benzene rings is 1. The van der Waals surface area contributed by atoms with Crippen molar-refractivity contribution in [2.75, 3.05) is 17.7 Å². The Morgan fingerprint density at radius 2 is 2.38 bits per heavy atom. The number of thiophene rings is 1. The van der Waals surface area contributed by atoms with Crippen LogP contribution in [0.25, 0.3) is 10.1 Å². The van der Waals surface area contributed by atoms with Gasteiger partial charge in [0, 0.05) is 45.1 Å². The highest BCUT2D eigenvalue weighted by Gasteiger charge is 2.26. The third-order valence-corrected chi connectivity index (χ3v) is 4.54. The molecule has 3 rings (SSSR count). The molecule has 0 amide bonds. The van der Waals surface area contributed by atoms with E-state index in [1.54, 1.807) is 11.3 Å². The molecule has 16 heavy (non-hydrogen) atoms. The van der Waals surface area contributed by atoms with Gasteiger partial charge in [0.2, 0.25) is 0 Å². The Hall–Kier alpha value is -0.930. The van der Waals surface area contributed by atoms with E-state index in [0.29, 0.717) is 17.5 Å². The van der Waals surface area contributed by atoms with E-state index in [0.717, 1.165) is 17.6 Å². The lowest BCUT2D eigenvalue weighted by Crippen LogP contribution is -2.02. The minimum atomic E-state index is 0.359. The van der Waals surface area contributed by atoms with E-state index in [1.807, 2.05) is 12.1 Å². The highest BCUT2D eigenvalue weighted by Crippen LogP contribution is 2.45. The summed E-state index contributed by atoms with van der Waals surface area (Å²) in [5.74, 6) is 1.34. The van der Waals surface area contributed by atoms with Crippen molar-refractivity contribution in [1.29, 1.82) is 0 Å². The zero-order chi connectivity index (χ0) is 11.3. The number of aryl methyl sites for hydroxylation is 1. The van der Waals surface area contributed by atoms with Crippen molar-refractivity contribution in [3.63, 3.8) is 0 Å². The van der Waals surface area contributed by atoms with Gasteiger partial charge in [-0.05, 0) is 18.6 Å². The molecule has 0 bridgehead atoms. The molecule has 1 aliphatic rings. The van der Waals surface area contributed by atoms with Gasteiger partial charge in [0.15, 0.2) is 0 Å². The van der Waals surface area contributed by atoms with Crippen LogP contribution in [0.5, 0.6) is 5.75 Å². The standard InChI is InChI=1S/C12H12ClNOS/c1-6-2-8-10(15)3-9-11(12(8)16-6)7(4-13)5-14-9/h2-3,7,14-15H,4-5H2,1H3. The van der Waals surface area contributed by atoms with Gasteiger partial charge >= 0.3 is 0 Å². The molecule has 1 unspecified atom stereocenters. The van der Waals surface area contributed by atoms with Crippen LogP contribution in [-0.4, -0.2) is 17.5 Å². The van der Waals surface area contributed by atoms with Gasteiger partial charge in [-0.15, -0.1) is 22.9 Å². The summed E-state index contributed by atoms with van der Waals surface area (Å²) in [7, 11) is 0. The number of halogens is 1. The number of phenolic OH excluding ortho intramolecular Hbond substituents is 1. The monoisotopic (exact) mass is 253 g/mol. The molecule has 1 aromatic carbocycles. The Morgan fingerprint density at radius 1 is 1.56 bits per heavy atom. The third-order valence-electron chi connectivity index (χ3n) is 3.08. The van der Waals surface area contributed by atoms with Gasteiger partial charge in [-0.2, -0.15) is 0 Å². The van der Waals surface area contributed by atoms with Crippen LogP contribution in [0, 0.1) is 6.92 Å².